The van der Waals surface area contributed by atoms with E-state index < -0.39 is 12.0 Å². The molecule has 1 aliphatic carbocycles. The predicted molar refractivity (Wildman–Crippen MR) is 139 cm³/mol. The first-order chi connectivity index (χ1) is 18.4. The van der Waals surface area contributed by atoms with Gasteiger partial charge in [0.05, 0.1) is 25.7 Å². The molecule has 9 nitrogen and oxygen atoms in total. The molecule has 38 heavy (non-hydrogen) atoms. The quantitative estimate of drug-likeness (QED) is 0.316. The fourth-order valence-electron chi connectivity index (χ4n) is 6.06. The third kappa shape index (κ3) is 4.87. The number of aromatic hydroxyl groups is 1. The first-order valence-electron chi connectivity index (χ1n) is 13.4. The molecule has 2 heterocycles. The second-order valence-electron chi connectivity index (χ2n) is 10.4. The van der Waals surface area contributed by atoms with Crippen molar-refractivity contribution in [1.82, 2.24) is 5.32 Å². The van der Waals surface area contributed by atoms with Gasteiger partial charge in [0, 0.05) is 18.3 Å². The molecule has 0 spiro atoms. The first kappa shape index (κ1) is 26.2. The highest BCUT2D eigenvalue weighted by Crippen LogP contribution is 2.55. The molecule has 5 rings (SSSR count). The maximum absolute atomic E-state index is 13.2. The minimum atomic E-state index is -0.516. The van der Waals surface area contributed by atoms with Crippen LogP contribution in [0.3, 0.4) is 0 Å². The number of carbonyl (C=O) groups is 2. The molecule has 1 unspecified atom stereocenters. The van der Waals surface area contributed by atoms with Crippen molar-refractivity contribution in [3.8, 4) is 23.0 Å². The number of hydrogen-bond donors (Lipinski definition) is 3. The highest BCUT2D eigenvalue weighted by atomic mass is 16.7. The smallest absolute Gasteiger partial charge is 0.310 e. The van der Waals surface area contributed by atoms with E-state index in [1.54, 1.807) is 13.0 Å². The fourth-order valence-corrected chi connectivity index (χ4v) is 6.06. The molecule has 3 aliphatic rings. The van der Waals surface area contributed by atoms with Crippen molar-refractivity contribution >= 4 is 11.9 Å². The number of phenols is 1. The van der Waals surface area contributed by atoms with Crippen molar-refractivity contribution in [1.29, 1.82) is 0 Å². The van der Waals surface area contributed by atoms with E-state index >= 15 is 0 Å². The third-order valence-corrected chi connectivity index (χ3v) is 7.98. The SMILES string of the molecule is COc1cc(C2c3cc4c(cc3[C@@H](NC(=O)CCCCCCCN)[C@H]3COC(=O)[C@H]23)OCO4)cc(C)c1O. The van der Waals surface area contributed by atoms with Crippen LogP contribution in [0.4, 0.5) is 0 Å². The Morgan fingerprint density at radius 1 is 1.05 bits per heavy atom. The fraction of sp³-hybridized carbons (Fsp3) is 0.517. The minimum absolute atomic E-state index is 0.0452. The molecule has 9 heteroatoms. The Hall–Kier alpha value is -3.46. The summed E-state index contributed by atoms with van der Waals surface area (Å²) < 4.78 is 22.4. The van der Waals surface area contributed by atoms with E-state index in [4.69, 9.17) is 24.7 Å². The summed E-state index contributed by atoms with van der Waals surface area (Å²) in [5.41, 5.74) is 8.79. The van der Waals surface area contributed by atoms with Gasteiger partial charge in [-0.05, 0) is 66.8 Å². The van der Waals surface area contributed by atoms with Crippen LogP contribution in [0.1, 0.15) is 72.7 Å². The van der Waals surface area contributed by atoms with E-state index in [2.05, 4.69) is 5.32 Å². The van der Waals surface area contributed by atoms with Crippen molar-refractivity contribution in [2.45, 2.75) is 57.4 Å². The molecule has 0 radical (unpaired) electrons. The number of esters is 1. The zero-order valence-corrected chi connectivity index (χ0v) is 22.0. The molecule has 1 fully saturated rings. The van der Waals surface area contributed by atoms with Crippen molar-refractivity contribution in [2.75, 3.05) is 27.1 Å². The molecule has 4 N–H and O–H groups in total. The summed E-state index contributed by atoms with van der Waals surface area (Å²) in [5.74, 6) is 0.135. The Bertz CT molecular complexity index is 1210. The Balaban J connectivity index is 1.50. The summed E-state index contributed by atoms with van der Waals surface area (Å²) in [6.07, 6.45) is 5.34. The average Bonchev–Trinajstić information content (AvgIpc) is 3.53. The number of hydrogen-bond acceptors (Lipinski definition) is 8. The number of aryl methyl sites for hydroxylation is 1. The summed E-state index contributed by atoms with van der Waals surface area (Å²) in [6.45, 7) is 2.83. The predicted octanol–water partition coefficient (Wildman–Crippen LogP) is 3.83. The van der Waals surface area contributed by atoms with Crippen LogP contribution in [0.15, 0.2) is 24.3 Å². The highest BCUT2D eigenvalue weighted by Gasteiger charge is 2.53. The van der Waals surface area contributed by atoms with Gasteiger partial charge in [-0.3, -0.25) is 9.59 Å². The summed E-state index contributed by atoms with van der Waals surface area (Å²) in [6, 6.07) is 7.08. The van der Waals surface area contributed by atoms with E-state index in [-0.39, 0.29) is 42.9 Å². The lowest BCUT2D eigenvalue weighted by atomic mass is 9.65. The lowest BCUT2D eigenvalue weighted by Gasteiger charge is -2.39. The van der Waals surface area contributed by atoms with Gasteiger partial charge in [-0.1, -0.05) is 25.3 Å². The second-order valence-corrected chi connectivity index (χ2v) is 10.4. The van der Waals surface area contributed by atoms with Gasteiger partial charge >= 0.3 is 5.97 Å². The van der Waals surface area contributed by atoms with Crippen molar-refractivity contribution in [3.05, 3.63) is 46.5 Å². The van der Waals surface area contributed by atoms with Gasteiger partial charge in [-0.25, -0.2) is 0 Å². The molecule has 1 amide bonds. The topological polar surface area (TPSA) is 129 Å². The number of phenolic OH excluding ortho intramolecular Hbond substituents is 1. The Morgan fingerprint density at radius 2 is 1.76 bits per heavy atom. The number of ether oxygens (including phenoxy) is 4. The van der Waals surface area contributed by atoms with Gasteiger partial charge in [0.1, 0.15) is 0 Å². The van der Waals surface area contributed by atoms with E-state index in [9.17, 15) is 14.7 Å². The minimum Gasteiger partial charge on any atom is -0.504 e. The Kier molecular flexibility index (Phi) is 7.65. The third-order valence-electron chi connectivity index (χ3n) is 7.98. The normalized spacial score (nSPS) is 23.0. The van der Waals surface area contributed by atoms with Crippen LogP contribution in [0, 0.1) is 18.8 Å². The van der Waals surface area contributed by atoms with Crippen molar-refractivity contribution in [3.63, 3.8) is 0 Å². The number of methoxy groups -OCH3 is 1. The molecule has 204 valence electrons. The highest BCUT2D eigenvalue weighted by molar-refractivity contribution is 5.81. The van der Waals surface area contributed by atoms with E-state index in [0.717, 1.165) is 48.8 Å². The van der Waals surface area contributed by atoms with Crippen LogP contribution in [0.25, 0.3) is 0 Å². The molecule has 2 aromatic carbocycles. The van der Waals surface area contributed by atoms with Gasteiger partial charge < -0.3 is 35.1 Å². The number of nitrogens with one attached hydrogen (secondary N) is 1. The number of amides is 1. The van der Waals surface area contributed by atoms with Gasteiger partial charge in [-0.2, -0.15) is 0 Å². The number of carbonyl (C=O) groups excluding carboxylic acids is 2. The van der Waals surface area contributed by atoms with Crippen LogP contribution >= 0.6 is 0 Å². The van der Waals surface area contributed by atoms with Crippen molar-refractivity contribution < 1.29 is 33.6 Å². The van der Waals surface area contributed by atoms with E-state index in [1.165, 1.54) is 7.11 Å². The second kappa shape index (κ2) is 11.1. The molecule has 1 saturated heterocycles. The molecule has 4 atom stereocenters. The Morgan fingerprint density at radius 3 is 2.50 bits per heavy atom. The van der Waals surface area contributed by atoms with Gasteiger partial charge in [0.2, 0.25) is 12.7 Å². The summed E-state index contributed by atoms with van der Waals surface area (Å²) in [5, 5.41) is 13.7. The molecule has 2 aromatic rings. The molecule has 0 saturated carbocycles. The average molecular weight is 525 g/mol. The molecular weight excluding hydrogens is 488 g/mol. The monoisotopic (exact) mass is 524 g/mol. The van der Waals surface area contributed by atoms with E-state index in [1.807, 2.05) is 18.2 Å². The summed E-state index contributed by atoms with van der Waals surface area (Å²) in [7, 11) is 1.50. The summed E-state index contributed by atoms with van der Waals surface area (Å²) in [4.78, 5) is 26.3. The van der Waals surface area contributed by atoms with Gasteiger partial charge in [0.15, 0.2) is 23.0 Å². The number of rotatable bonds is 10. The van der Waals surface area contributed by atoms with Gasteiger partial charge in [0.25, 0.3) is 0 Å². The number of unbranched alkanes of at least 4 members (excludes halogenated alkanes) is 4. The first-order valence-corrected chi connectivity index (χ1v) is 13.4. The van der Waals surface area contributed by atoms with Gasteiger partial charge in [-0.15, -0.1) is 0 Å². The number of nitrogens with two attached hydrogens (primary N) is 1. The Labute approximate surface area is 222 Å². The maximum atomic E-state index is 13.2. The van der Waals surface area contributed by atoms with Crippen LogP contribution in [-0.2, 0) is 14.3 Å². The maximum Gasteiger partial charge on any atom is 0.310 e. The van der Waals surface area contributed by atoms with E-state index in [0.29, 0.717) is 35.8 Å². The molecular formula is C29H36N2O7. The van der Waals surface area contributed by atoms with Crippen molar-refractivity contribution in [2.24, 2.45) is 17.6 Å². The number of cyclic esters (lactones) is 1. The largest absolute Gasteiger partial charge is 0.504 e. The lowest BCUT2D eigenvalue weighted by Crippen LogP contribution is -2.42. The van der Waals surface area contributed by atoms with Crippen LogP contribution < -0.4 is 25.3 Å². The number of benzene rings is 2. The standard InChI is InChI=1S/C29H36N2O7/c1-16-10-17(11-23(35-2)28(16)33)25-18-12-21-22(38-15-37-21)13-19(18)27(20-14-36-29(34)26(20)25)31-24(32)8-6-4-3-5-7-9-30/h10-13,20,25-27,33H,3-9,14-15,30H2,1-2H3,(H,31,32)/t20-,25?,26-,27+/m0/s1. The number of fused-ring (bicyclic) bond motifs is 3. The van der Waals surface area contributed by atoms with Crippen LogP contribution in [0.5, 0.6) is 23.0 Å². The molecule has 0 aromatic heterocycles. The lowest BCUT2D eigenvalue weighted by molar-refractivity contribution is -0.141. The van der Waals surface area contributed by atoms with Crippen LogP contribution in [0.2, 0.25) is 0 Å². The zero-order chi connectivity index (χ0) is 26.8. The van der Waals surface area contributed by atoms with Crippen LogP contribution in [-0.4, -0.2) is 44.0 Å². The summed E-state index contributed by atoms with van der Waals surface area (Å²) >= 11 is 0. The molecule has 0 bridgehead atoms. The molecule has 2 aliphatic heterocycles. The zero-order valence-electron chi connectivity index (χ0n) is 22.0.